The highest BCUT2D eigenvalue weighted by Gasteiger charge is 2.22. The van der Waals surface area contributed by atoms with E-state index in [9.17, 15) is 4.79 Å². The van der Waals surface area contributed by atoms with E-state index in [0.29, 0.717) is 18.9 Å². The fraction of sp³-hybridized carbons (Fsp3) is 0.400. The third-order valence-corrected chi connectivity index (χ3v) is 1.97. The quantitative estimate of drug-likeness (QED) is 0.648. The fourth-order valence-electron chi connectivity index (χ4n) is 0.967. The van der Waals surface area contributed by atoms with Gasteiger partial charge in [0, 0.05) is 13.1 Å². The number of urea groups is 1. The maximum atomic E-state index is 11.0. The molecule has 0 aliphatic carbocycles. The zero-order valence-electron chi connectivity index (χ0n) is 5.65. The number of carbonyl (C=O) groups is 1. The molecule has 1 aliphatic heterocycles. The van der Waals surface area contributed by atoms with E-state index in [1.165, 1.54) is 11.5 Å². The Kier molecular flexibility index (Phi) is 1.46. The van der Waals surface area contributed by atoms with Crippen LogP contribution in [0.4, 0.5) is 10.6 Å². The fourth-order valence-corrected chi connectivity index (χ4v) is 1.41. The van der Waals surface area contributed by atoms with Gasteiger partial charge in [-0.3, -0.25) is 4.90 Å². The molecule has 1 aliphatic rings. The zero-order valence-corrected chi connectivity index (χ0v) is 6.47. The lowest BCUT2D eigenvalue weighted by Crippen LogP contribution is -2.27. The van der Waals surface area contributed by atoms with Crippen LogP contribution in [0.1, 0.15) is 0 Å². The Morgan fingerprint density at radius 1 is 1.73 bits per heavy atom. The third kappa shape index (κ3) is 1.05. The van der Waals surface area contributed by atoms with Crippen LogP contribution in [-0.4, -0.2) is 28.7 Å². The normalized spacial score (nSPS) is 17.1. The summed E-state index contributed by atoms with van der Waals surface area (Å²) in [6.45, 7) is 1.38. The predicted octanol–water partition coefficient (Wildman–Crippen LogP) is 0.0677. The Labute approximate surface area is 67.2 Å². The van der Waals surface area contributed by atoms with Crippen LogP contribution in [0.5, 0.6) is 0 Å². The molecule has 2 heterocycles. The first-order valence-corrected chi connectivity index (χ1v) is 4.04. The van der Waals surface area contributed by atoms with Gasteiger partial charge in [0.15, 0.2) is 5.82 Å². The number of nitrogens with one attached hydrogen (secondary N) is 1. The molecule has 2 rings (SSSR count). The Morgan fingerprint density at radius 3 is 3.18 bits per heavy atom. The minimum atomic E-state index is -0.0855. The molecule has 1 aromatic heterocycles. The average Bonchev–Trinajstić information content (AvgIpc) is 2.55. The topological polar surface area (TPSA) is 58.1 Å². The lowest BCUT2D eigenvalue weighted by molar-refractivity contribution is 0.252. The molecular formula is C5H6N4OS. The summed E-state index contributed by atoms with van der Waals surface area (Å²) in [4.78, 5) is 12.6. The van der Waals surface area contributed by atoms with Crippen LogP contribution in [0.25, 0.3) is 0 Å². The second-order valence-electron chi connectivity index (χ2n) is 2.15. The average molecular weight is 170 g/mol. The van der Waals surface area contributed by atoms with E-state index >= 15 is 0 Å². The Bertz CT molecular complexity index is 259. The van der Waals surface area contributed by atoms with Crippen molar-refractivity contribution in [3.63, 3.8) is 0 Å². The molecule has 0 unspecified atom stereocenters. The second kappa shape index (κ2) is 2.46. The van der Waals surface area contributed by atoms with Gasteiger partial charge in [-0.25, -0.2) is 4.79 Å². The highest BCUT2D eigenvalue weighted by Crippen LogP contribution is 2.12. The Balaban J connectivity index is 2.23. The van der Waals surface area contributed by atoms with Crippen molar-refractivity contribution < 1.29 is 4.79 Å². The van der Waals surface area contributed by atoms with Crippen molar-refractivity contribution in [1.29, 1.82) is 0 Å². The predicted molar refractivity (Wildman–Crippen MR) is 40.7 cm³/mol. The van der Waals surface area contributed by atoms with Gasteiger partial charge in [0.25, 0.3) is 0 Å². The number of amides is 2. The van der Waals surface area contributed by atoms with Gasteiger partial charge in [-0.1, -0.05) is 4.49 Å². The molecule has 2 amide bonds. The number of hydrogen-bond donors (Lipinski definition) is 1. The number of anilines is 1. The highest BCUT2D eigenvalue weighted by atomic mass is 32.1. The summed E-state index contributed by atoms with van der Waals surface area (Å²) in [6, 6.07) is -0.0855. The summed E-state index contributed by atoms with van der Waals surface area (Å²) < 4.78 is 3.67. The molecule has 0 atom stereocenters. The van der Waals surface area contributed by atoms with Crippen LogP contribution in [-0.2, 0) is 0 Å². The van der Waals surface area contributed by atoms with Crippen LogP contribution in [0.2, 0.25) is 0 Å². The van der Waals surface area contributed by atoms with Crippen molar-refractivity contribution in [3.8, 4) is 0 Å². The molecule has 11 heavy (non-hydrogen) atoms. The molecule has 0 bridgehead atoms. The molecular weight excluding hydrogens is 164 g/mol. The van der Waals surface area contributed by atoms with Gasteiger partial charge in [-0.15, -0.1) is 5.10 Å². The molecule has 0 saturated carbocycles. The van der Waals surface area contributed by atoms with Gasteiger partial charge in [0.2, 0.25) is 0 Å². The highest BCUT2D eigenvalue weighted by molar-refractivity contribution is 7.03. The first-order valence-electron chi connectivity index (χ1n) is 3.20. The molecule has 58 valence electrons. The number of nitrogens with zero attached hydrogens (tertiary/aromatic N) is 3. The van der Waals surface area contributed by atoms with Gasteiger partial charge >= 0.3 is 6.03 Å². The standard InChI is InChI=1S/C5H6N4OS/c10-5-6-1-2-9(5)4-3-11-8-7-4/h3H,1-2H2,(H,6,10). The van der Waals surface area contributed by atoms with E-state index in [2.05, 4.69) is 14.9 Å². The van der Waals surface area contributed by atoms with E-state index in [1.807, 2.05) is 0 Å². The first kappa shape index (κ1) is 6.53. The van der Waals surface area contributed by atoms with Crippen LogP contribution >= 0.6 is 11.5 Å². The molecule has 1 saturated heterocycles. The van der Waals surface area contributed by atoms with Crippen molar-refractivity contribution in [2.75, 3.05) is 18.0 Å². The van der Waals surface area contributed by atoms with Crippen LogP contribution < -0.4 is 10.2 Å². The molecule has 0 spiro atoms. The summed E-state index contributed by atoms with van der Waals surface area (Å²) in [5.74, 6) is 0.644. The lowest BCUT2D eigenvalue weighted by Gasteiger charge is -2.07. The summed E-state index contributed by atoms with van der Waals surface area (Å²) in [5.41, 5.74) is 0. The lowest BCUT2D eigenvalue weighted by atomic mass is 10.6. The largest absolute Gasteiger partial charge is 0.336 e. The Hall–Kier alpha value is -1.17. The summed E-state index contributed by atoms with van der Waals surface area (Å²) in [5, 5.41) is 8.22. The van der Waals surface area contributed by atoms with E-state index in [1.54, 1.807) is 10.3 Å². The second-order valence-corrected chi connectivity index (χ2v) is 2.76. The number of hydrogen-bond acceptors (Lipinski definition) is 4. The summed E-state index contributed by atoms with van der Waals surface area (Å²) in [7, 11) is 0. The minimum Gasteiger partial charge on any atom is -0.336 e. The van der Waals surface area contributed by atoms with Gasteiger partial charge in [0.05, 0.1) is 5.38 Å². The summed E-state index contributed by atoms with van der Waals surface area (Å²) in [6.07, 6.45) is 0. The number of carbonyl (C=O) groups excluding carboxylic acids is 1. The van der Waals surface area contributed by atoms with Crippen molar-refractivity contribution >= 4 is 23.4 Å². The van der Waals surface area contributed by atoms with Crippen molar-refractivity contribution in [2.24, 2.45) is 0 Å². The molecule has 1 N–H and O–H groups in total. The van der Waals surface area contributed by atoms with Crippen LogP contribution in [0, 0.1) is 0 Å². The van der Waals surface area contributed by atoms with Gasteiger partial charge < -0.3 is 5.32 Å². The van der Waals surface area contributed by atoms with Crippen LogP contribution in [0.15, 0.2) is 5.38 Å². The Morgan fingerprint density at radius 2 is 2.64 bits per heavy atom. The zero-order chi connectivity index (χ0) is 7.68. The van der Waals surface area contributed by atoms with E-state index in [4.69, 9.17) is 0 Å². The van der Waals surface area contributed by atoms with Crippen molar-refractivity contribution in [2.45, 2.75) is 0 Å². The van der Waals surface area contributed by atoms with Gasteiger partial charge in [0.1, 0.15) is 0 Å². The molecule has 1 fully saturated rings. The van der Waals surface area contributed by atoms with Crippen LogP contribution in [0.3, 0.4) is 0 Å². The van der Waals surface area contributed by atoms with E-state index in [-0.39, 0.29) is 6.03 Å². The van der Waals surface area contributed by atoms with Gasteiger partial charge in [-0.2, -0.15) is 0 Å². The molecule has 1 aromatic rings. The monoisotopic (exact) mass is 170 g/mol. The third-order valence-electron chi connectivity index (χ3n) is 1.48. The smallest absolute Gasteiger partial charge is 0.323 e. The summed E-state index contributed by atoms with van der Waals surface area (Å²) >= 11 is 1.25. The molecule has 6 heteroatoms. The number of aromatic nitrogens is 2. The SMILES string of the molecule is O=C1NCCN1c1csnn1. The maximum absolute atomic E-state index is 11.0. The van der Waals surface area contributed by atoms with Crippen molar-refractivity contribution in [3.05, 3.63) is 5.38 Å². The minimum absolute atomic E-state index is 0.0855. The van der Waals surface area contributed by atoms with Gasteiger partial charge in [-0.05, 0) is 11.5 Å². The van der Waals surface area contributed by atoms with E-state index in [0.717, 1.165) is 0 Å². The molecule has 5 nitrogen and oxygen atoms in total. The molecule has 0 radical (unpaired) electrons. The maximum Gasteiger partial charge on any atom is 0.323 e. The first-order chi connectivity index (χ1) is 5.38. The molecule has 0 aromatic carbocycles. The van der Waals surface area contributed by atoms with Crippen molar-refractivity contribution in [1.82, 2.24) is 14.9 Å². The number of rotatable bonds is 1. The van der Waals surface area contributed by atoms with E-state index < -0.39 is 0 Å².